The first-order valence-electron chi connectivity index (χ1n) is 14.3. The van der Waals surface area contributed by atoms with Crippen molar-refractivity contribution in [3.05, 3.63) is 36.9 Å². The number of aliphatic hydroxyl groups is 1. The largest absolute Gasteiger partial charge is 0.466 e. The molecule has 3 saturated heterocycles. The van der Waals surface area contributed by atoms with Crippen LogP contribution in [0.1, 0.15) is 47.0 Å². The maximum atomic E-state index is 14.6. The quantitative estimate of drug-likeness (QED) is 0.225. The number of anilines is 2. The molecule has 8 nitrogen and oxygen atoms in total. The van der Waals surface area contributed by atoms with Crippen molar-refractivity contribution in [2.24, 2.45) is 17.8 Å². The fourth-order valence-corrected chi connectivity index (χ4v) is 9.38. The van der Waals surface area contributed by atoms with Gasteiger partial charge in [0, 0.05) is 49.4 Å². The lowest BCUT2D eigenvalue weighted by Crippen LogP contribution is -2.57. The molecule has 214 valence electrons. The molecule has 3 unspecified atom stereocenters. The summed E-state index contributed by atoms with van der Waals surface area (Å²) in [6, 6.07) is 7.27. The van der Waals surface area contributed by atoms with Crippen LogP contribution in [0.5, 0.6) is 0 Å². The van der Waals surface area contributed by atoms with E-state index in [0.29, 0.717) is 25.9 Å². The van der Waals surface area contributed by atoms with Crippen molar-refractivity contribution < 1.29 is 24.2 Å². The van der Waals surface area contributed by atoms with Crippen LogP contribution in [0.2, 0.25) is 0 Å². The summed E-state index contributed by atoms with van der Waals surface area (Å²) in [5.41, 5.74) is 1.84. The molecule has 3 fully saturated rings. The Kier molecular flexibility index (Phi) is 9.32. The highest BCUT2D eigenvalue weighted by Gasteiger charge is 2.76. The Balaban J connectivity index is 1.74. The van der Waals surface area contributed by atoms with E-state index in [0.717, 1.165) is 30.9 Å². The molecule has 1 aromatic rings. The minimum Gasteiger partial charge on any atom is -0.466 e. The number of carbonyl (C=O) groups excluding carboxylic acids is 3. The number of fused-ring (bicyclic) bond motifs is 1. The summed E-state index contributed by atoms with van der Waals surface area (Å²) in [4.78, 5) is 47.5. The second-order valence-corrected chi connectivity index (χ2v) is 12.2. The Morgan fingerprint density at radius 1 is 1.18 bits per heavy atom. The van der Waals surface area contributed by atoms with Crippen LogP contribution in [-0.2, 0) is 19.1 Å². The van der Waals surface area contributed by atoms with E-state index in [1.54, 1.807) is 34.6 Å². The lowest BCUT2D eigenvalue weighted by Gasteiger charge is -2.40. The van der Waals surface area contributed by atoms with Gasteiger partial charge in [0.2, 0.25) is 5.91 Å². The zero-order valence-corrected chi connectivity index (χ0v) is 24.5. The third-order valence-corrected chi connectivity index (χ3v) is 10.8. The highest BCUT2D eigenvalue weighted by Crippen LogP contribution is 2.68. The van der Waals surface area contributed by atoms with Gasteiger partial charge in [0.05, 0.1) is 23.2 Å². The highest BCUT2D eigenvalue weighted by atomic mass is 32.2. The van der Waals surface area contributed by atoms with E-state index in [9.17, 15) is 19.5 Å². The number of nitrogens with zero attached hydrogens (tertiary/aromatic N) is 3. The third-order valence-electron chi connectivity index (χ3n) is 8.71. The topological polar surface area (TPSA) is 90.4 Å². The molecule has 2 amide bonds. The van der Waals surface area contributed by atoms with Gasteiger partial charge >= 0.3 is 5.97 Å². The Morgan fingerprint density at radius 2 is 1.85 bits per heavy atom. The first-order valence-corrected chi connectivity index (χ1v) is 15.2. The maximum absolute atomic E-state index is 14.6. The van der Waals surface area contributed by atoms with Crippen molar-refractivity contribution in [1.29, 1.82) is 0 Å². The SMILES string of the molecule is C=CCN(C(=O)C1N(CCCCO)C(=O)[C@@H]2[C@H](C(=O)OCC)[C@@H]3CC(C)C12S3)c1ccc(N(CC)CC)cc1. The Morgan fingerprint density at radius 3 is 2.44 bits per heavy atom. The number of hydrogen-bond acceptors (Lipinski definition) is 7. The van der Waals surface area contributed by atoms with Gasteiger partial charge in [-0.25, -0.2) is 0 Å². The molecule has 3 aliphatic rings. The number of carbonyl (C=O) groups is 3. The van der Waals surface area contributed by atoms with E-state index in [1.807, 2.05) is 24.3 Å². The molecular weight excluding hydrogens is 514 g/mol. The highest BCUT2D eigenvalue weighted by molar-refractivity contribution is 8.02. The van der Waals surface area contributed by atoms with Crippen molar-refractivity contribution in [3.8, 4) is 0 Å². The standard InChI is InChI=1S/C30H43N3O5S/c1-6-16-32(22-14-12-21(13-15-22)31(7-2)8-3)28(36)26-30-20(5)19-23(39-30)24(29(37)38-9-4)25(30)27(35)33(26)17-10-11-18-34/h6,12-15,20,23-26,34H,1,7-11,16-19H2,2-5H3/t20?,23-,24+,25-,26?,30?/m0/s1. The third kappa shape index (κ3) is 4.97. The second kappa shape index (κ2) is 12.3. The molecule has 39 heavy (non-hydrogen) atoms. The van der Waals surface area contributed by atoms with Crippen molar-refractivity contribution in [2.45, 2.75) is 63.0 Å². The number of thioether (sulfide) groups is 1. The van der Waals surface area contributed by atoms with Crippen LogP contribution in [0.15, 0.2) is 36.9 Å². The smallest absolute Gasteiger partial charge is 0.310 e. The summed E-state index contributed by atoms with van der Waals surface area (Å²) in [5.74, 6) is -1.66. The van der Waals surface area contributed by atoms with Gasteiger partial charge < -0.3 is 24.5 Å². The molecular formula is C30H43N3O5S. The van der Waals surface area contributed by atoms with Crippen LogP contribution in [0.3, 0.4) is 0 Å². The number of esters is 1. The van der Waals surface area contributed by atoms with Crippen molar-refractivity contribution in [2.75, 3.05) is 49.2 Å². The number of rotatable bonds is 13. The molecule has 2 bridgehead atoms. The van der Waals surface area contributed by atoms with Crippen molar-refractivity contribution in [1.82, 2.24) is 4.90 Å². The maximum Gasteiger partial charge on any atom is 0.310 e. The molecule has 0 saturated carbocycles. The van der Waals surface area contributed by atoms with Gasteiger partial charge in [0.1, 0.15) is 6.04 Å². The fraction of sp³-hybridized carbons (Fsp3) is 0.633. The first kappa shape index (κ1) is 29.5. The van der Waals surface area contributed by atoms with E-state index in [1.165, 1.54) is 0 Å². The average Bonchev–Trinajstić information content (AvgIpc) is 3.52. The lowest BCUT2D eigenvalue weighted by molar-refractivity contribution is -0.154. The minimum atomic E-state index is -0.708. The fourth-order valence-electron chi connectivity index (χ4n) is 6.97. The van der Waals surface area contributed by atoms with Crippen molar-refractivity contribution in [3.63, 3.8) is 0 Å². The van der Waals surface area contributed by atoms with E-state index in [-0.39, 0.29) is 42.2 Å². The predicted octanol–water partition coefficient (Wildman–Crippen LogP) is 3.72. The molecule has 9 heteroatoms. The summed E-state index contributed by atoms with van der Waals surface area (Å²) in [6.07, 6.45) is 3.61. The van der Waals surface area contributed by atoms with Crippen LogP contribution in [0.25, 0.3) is 0 Å². The molecule has 1 aromatic carbocycles. The Hall–Kier alpha value is -2.52. The number of likely N-dealkylation sites (tertiary alicyclic amines) is 1. The van der Waals surface area contributed by atoms with Gasteiger partial charge in [-0.15, -0.1) is 18.3 Å². The number of unbranched alkanes of at least 4 members (excludes halogenated alkanes) is 1. The second-order valence-electron chi connectivity index (χ2n) is 10.7. The van der Waals surface area contributed by atoms with Gasteiger partial charge in [0.15, 0.2) is 0 Å². The molecule has 1 N–H and O–H groups in total. The molecule has 0 radical (unpaired) electrons. The van der Waals surface area contributed by atoms with Gasteiger partial charge in [-0.3, -0.25) is 14.4 Å². The normalized spacial score (nSPS) is 28.9. The number of benzene rings is 1. The summed E-state index contributed by atoms with van der Waals surface area (Å²) in [6.45, 7) is 14.8. The van der Waals surface area contributed by atoms with Gasteiger partial charge in [-0.1, -0.05) is 13.0 Å². The average molecular weight is 558 g/mol. The van der Waals surface area contributed by atoms with E-state index >= 15 is 0 Å². The molecule has 4 rings (SSSR count). The van der Waals surface area contributed by atoms with Gasteiger partial charge in [-0.05, 0) is 70.2 Å². The summed E-state index contributed by atoms with van der Waals surface area (Å²) < 4.78 is 4.73. The van der Waals surface area contributed by atoms with Crippen LogP contribution < -0.4 is 9.80 Å². The number of ether oxygens (including phenoxy) is 1. The molecule has 6 atom stereocenters. The van der Waals surface area contributed by atoms with E-state index < -0.39 is 22.6 Å². The van der Waals surface area contributed by atoms with Crippen LogP contribution in [0, 0.1) is 17.8 Å². The lowest BCUT2D eigenvalue weighted by atomic mass is 9.66. The number of aliphatic hydroxyl groups excluding tert-OH is 1. The van der Waals surface area contributed by atoms with Gasteiger partial charge in [0.25, 0.3) is 5.91 Å². The molecule has 3 aliphatic heterocycles. The zero-order chi connectivity index (χ0) is 28.3. The number of hydrogen-bond donors (Lipinski definition) is 1. The van der Waals surface area contributed by atoms with Crippen LogP contribution >= 0.6 is 11.8 Å². The predicted molar refractivity (Wildman–Crippen MR) is 156 cm³/mol. The molecule has 0 aromatic heterocycles. The van der Waals surface area contributed by atoms with E-state index in [2.05, 4.69) is 32.3 Å². The first-order chi connectivity index (χ1) is 18.8. The van der Waals surface area contributed by atoms with E-state index in [4.69, 9.17) is 4.74 Å². The summed E-state index contributed by atoms with van der Waals surface area (Å²) >= 11 is 1.65. The summed E-state index contributed by atoms with van der Waals surface area (Å²) in [7, 11) is 0. The van der Waals surface area contributed by atoms with Crippen LogP contribution in [-0.4, -0.2) is 83.2 Å². The molecule has 3 heterocycles. The Bertz CT molecular complexity index is 1060. The minimum absolute atomic E-state index is 0.0232. The summed E-state index contributed by atoms with van der Waals surface area (Å²) in [5, 5.41) is 9.37. The molecule has 0 aliphatic carbocycles. The Labute approximate surface area is 236 Å². The monoisotopic (exact) mass is 557 g/mol. The van der Waals surface area contributed by atoms with Crippen molar-refractivity contribution >= 4 is 40.9 Å². The zero-order valence-electron chi connectivity index (χ0n) is 23.7. The van der Waals surface area contributed by atoms with Gasteiger partial charge in [-0.2, -0.15) is 0 Å². The number of amides is 2. The molecule has 1 spiro atoms. The van der Waals surface area contributed by atoms with Crippen LogP contribution in [0.4, 0.5) is 11.4 Å².